The van der Waals surface area contributed by atoms with E-state index in [4.69, 9.17) is 9.47 Å². The van der Waals surface area contributed by atoms with E-state index < -0.39 is 10.9 Å². The highest BCUT2D eigenvalue weighted by atomic mass is 16.6. The fourth-order valence-electron chi connectivity index (χ4n) is 3.28. The second-order valence-corrected chi connectivity index (χ2v) is 6.78. The molecule has 8 heteroatoms. The monoisotopic (exact) mass is 422 g/mol. The van der Waals surface area contributed by atoms with E-state index in [1.54, 1.807) is 37.4 Å². The molecule has 3 aromatic carbocycles. The van der Waals surface area contributed by atoms with Crippen molar-refractivity contribution >= 4 is 17.3 Å². The molecule has 3 aromatic rings. The normalized spacial score (nSPS) is 10.4. The van der Waals surface area contributed by atoms with Crippen molar-refractivity contribution in [1.29, 1.82) is 0 Å². The number of carboxylic acids is 1. The van der Waals surface area contributed by atoms with E-state index in [0.717, 1.165) is 11.1 Å². The Morgan fingerprint density at radius 3 is 2.26 bits per heavy atom. The predicted octanol–water partition coefficient (Wildman–Crippen LogP) is 4.52. The number of aromatic carboxylic acids is 1. The van der Waals surface area contributed by atoms with Crippen molar-refractivity contribution in [1.82, 2.24) is 0 Å². The molecular formula is C23H22N2O6. The number of ether oxygens (including phenoxy) is 2. The molecule has 1 N–H and O–H groups in total. The molecule has 0 aliphatic rings. The number of nitrogens with zero attached hydrogens (tertiary/aromatic N) is 2. The van der Waals surface area contributed by atoms with E-state index in [2.05, 4.69) is 0 Å². The summed E-state index contributed by atoms with van der Waals surface area (Å²) in [4.78, 5) is 24.2. The molecule has 31 heavy (non-hydrogen) atoms. The summed E-state index contributed by atoms with van der Waals surface area (Å²) in [5.74, 6) is -0.113. The fraction of sp³-hybridized carbons (Fsp3) is 0.174. The lowest BCUT2D eigenvalue weighted by Gasteiger charge is -2.26. The van der Waals surface area contributed by atoms with Crippen LogP contribution in [-0.2, 0) is 13.1 Å². The van der Waals surface area contributed by atoms with Gasteiger partial charge in [0.25, 0.3) is 5.69 Å². The highest BCUT2D eigenvalue weighted by Crippen LogP contribution is 2.29. The summed E-state index contributed by atoms with van der Waals surface area (Å²) in [5.41, 5.74) is 2.49. The number of benzene rings is 3. The molecule has 0 atom stereocenters. The largest absolute Gasteiger partial charge is 0.496 e. The molecule has 0 bridgehead atoms. The van der Waals surface area contributed by atoms with E-state index in [1.165, 1.54) is 19.2 Å². The number of rotatable bonds is 9. The number of carboxylic acid groups (broad SMARTS) is 1. The lowest BCUT2D eigenvalue weighted by molar-refractivity contribution is -0.384. The van der Waals surface area contributed by atoms with Crippen molar-refractivity contribution in [2.75, 3.05) is 19.1 Å². The summed E-state index contributed by atoms with van der Waals surface area (Å²) in [5, 5.41) is 20.5. The van der Waals surface area contributed by atoms with Gasteiger partial charge in [-0.15, -0.1) is 0 Å². The van der Waals surface area contributed by atoms with E-state index >= 15 is 0 Å². The topological polar surface area (TPSA) is 102 Å². The Morgan fingerprint density at radius 1 is 0.968 bits per heavy atom. The average Bonchev–Trinajstić information content (AvgIpc) is 2.78. The van der Waals surface area contributed by atoms with Crippen LogP contribution in [0.1, 0.15) is 21.5 Å². The third-order valence-electron chi connectivity index (χ3n) is 4.85. The quantitative estimate of drug-likeness (QED) is 0.400. The highest BCUT2D eigenvalue weighted by Gasteiger charge is 2.17. The van der Waals surface area contributed by atoms with Crippen molar-refractivity contribution in [2.45, 2.75) is 13.1 Å². The Hall–Kier alpha value is -4.07. The minimum atomic E-state index is -1.09. The minimum absolute atomic E-state index is 0.0117. The number of carbonyl (C=O) groups is 1. The summed E-state index contributed by atoms with van der Waals surface area (Å²) in [6.07, 6.45) is 0. The minimum Gasteiger partial charge on any atom is -0.496 e. The van der Waals surface area contributed by atoms with E-state index in [0.29, 0.717) is 24.5 Å². The first-order valence-corrected chi connectivity index (χ1v) is 9.44. The Balaban J connectivity index is 2.00. The third-order valence-corrected chi connectivity index (χ3v) is 4.85. The van der Waals surface area contributed by atoms with E-state index in [1.807, 2.05) is 29.2 Å². The summed E-state index contributed by atoms with van der Waals surface area (Å²) in [6, 6.07) is 18.8. The molecule has 0 radical (unpaired) electrons. The third kappa shape index (κ3) is 5.11. The molecule has 0 heterocycles. The first-order valence-electron chi connectivity index (χ1n) is 9.44. The Kier molecular flexibility index (Phi) is 6.71. The van der Waals surface area contributed by atoms with Crippen LogP contribution in [-0.4, -0.2) is 30.2 Å². The molecule has 0 amide bonds. The van der Waals surface area contributed by atoms with E-state index in [9.17, 15) is 20.0 Å². The summed E-state index contributed by atoms with van der Waals surface area (Å²) >= 11 is 0. The first-order chi connectivity index (χ1) is 14.9. The molecule has 160 valence electrons. The van der Waals surface area contributed by atoms with Gasteiger partial charge >= 0.3 is 5.97 Å². The van der Waals surface area contributed by atoms with Crippen molar-refractivity contribution in [3.05, 3.63) is 93.5 Å². The number of methoxy groups -OCH3 is 2. The van der Waals surface area contributed by atoms with Crippen LogP contribution in [0.25, 0.3) is 0 Å². The molecule has 0 saturated heterocycles. The van der Waals surface area contributed by atoms with Gasteiger partial charge in [0.05, 0.1) is 19.1 Å². The molecule has 0 unspecified atom stereocenters. The maximum Gasteiger partial charge on any atom is 0.339 e. The van der Waals surface area contributed by atoms with Crippen LogP contribution < -0.4 is 14.4 Å². The first kappa shape index (κ1) is 21.6. The van der Waals surface area contributed by atoms with Gasteiger partial charge in [-0.1, -0.05) is 30.3 Å². The molecule has 0 saturated carbocycles. The van der Waals surface area contributed by atoms with Crippen LogP contribution in [0, 0.1) is 10.1 Å². The van der Waals surface area contributed by atoms with Gasteiger partial charge in [0.1, 0.15) is 17.1 Å². The lowest BCUT2D eigenvalue weighted by Crippen LogP contribution is -2.23. The zero-order chi connectivity index (χ0) is 22.4. The summed E-state index contributed by atoms with van der Waals surface area (Å²) in [6.45, 7) is 0.841. The van der Waals surface area contributed by atoms with Gasteiger partial charge in [-0.2, -0.15) is 0 Å². The Labute approximate surface area is 179 Å². The Bertz CT molecular complexity index is 1080. The van der Waals surface area contributed by atoms with Crippen molar-refractivity contribution < 1.29 is 24.3 Å². The number of hydrogen-bond donors (Lipinski definition) is 1. The van der Waals surface area contributed by atoms with Crippen molar-refractivity contribution in [2.24, 2.45) is 0 Å². The van der Waals surface area contributed by atoms with Crippen molar-refractivity contribution in [3.63, 3.8) is 0 Å². The van der Waals surface area contributed by atoms with Crippen LogP contribution in [0.2, 0.25) is 0 Å². The molecule has 0 aliphatic heterocycles. The molecule has 0 aromatic heterocycles. The van der Waals surface area contributed by atoms with Gasteiger partial charge in [0.15, 0.2) is 0 Å². The standard InChI is InChI=1S/C23H22N2O6/c1-30-21-6-4-3-5-17(21)15-24(14-16-7-9-18(10-8-16)25(28)29)19-11-12-22(31-2)20(13-19)23(26)27/h3-13H,14-15H2,1-2H3,(H,26,27). The number of anilines is 1. The van der Waals surface area contributed by atoms with Crippen LogP contribution in [0.4, 0.5) is 11.4 Å². The molecule has 0 aliphatic carbocycles. The van der Waals surface area contributed by atoms with Gasteiger partial charge in [-0.25, -0.2) is 4.79 Å². The zero-order valence-corrected chi connectivity index (χ0v) is 17.1. The fourth-order valence-corrected chi connectivity index (χ4v) is 3.28. The lowest BCUT2D eigenvalue weighted by atomic mass is 10.1. The van der Waals surface area contributed by atoms with Gasteiger partial charge in [0, 0.05) is 36.5 Å². The van der Waals surface area contributed by atoms with Crippen molar-refractivity contribution in [3.8, 4) is 11.5 Å². The molecular weight excluding hydrogens is 400 g/mol. The second-order valence-electron chi connectivity index (χ2n) is 6.78. The molecule has 8 nitrogen and oxygen atoms in total. The number of nitro benzene ring substituents is 1. The number of nitro groups is 1. The molecule has 0 fully saturated rings. The summed E-state index contributed by atoms with van der Waals surface area (Å²) in [7, 11) is 3.01. The van der Waals surface area contributed by atoms with Gasteiger partial charge in [0.2, 0.25) is 0 Å². The van der Waals surface area contributed by atoms with Crippen LogP contribution in [0.15, 0.2) is 66.7 Å². The van der Waals surface area contributed by atoms with Gasteiger partial charge in [-0.3, -0.25) is 10.1 Å². The van der Waals surface area contributed by atoms with Gasteiger partial charge in [-0.05, 0) is 29.8 Å². The van der Waals surface area contributed by atoms with Crippen LogP contribution in [0.3, 0.4) is 0 Å². The Morgan fingerprint density at radius 2 is 1.65 bits per heavy atom. The number of non-ortho nitro benzene ring substituents is 1. The number of hydrogen-bond acceptors (Lipinski definition) is 6. The van der Waals surface area contributed by atoms with Crippen LogP contribution >= 0.6 is 0 Å². The number of para-hydroxylation sites is 1. The smallest absolute Gasteiger partial charge is 0.339 e. The average molecular weight is 422 g/mol. The maximum atomic E-state index is 11.7. The SMILES string of the molecule is COc1ccccc1CN(Cc1ccc([N+](=O)[O-])cc1)c1ccc(OC)c(C(=O)O)c1. The zero-order valence-electron chi connectivity index (χ0n) is 17.1. The molecule has 0 spiro atoms. The predicted molar refractivity (Wildman–Crippen MR) is 116 cm³/mol. The molecule has 3 rings (SSSR count). The summed E-state index contributed by atoms with van der Waals surface area (Å²) < 4.78 is 10.6. The van der Waals surface area contributed by atoms with Crippen LogP contribution in [0.5, 0.6) is 11.5 Å². The second kappa shape index (κ2) is 9.62. The van der Waals surface area contributed by atoms with Gasteiger partial charge < -0.3 is 19.5 Å². The highest BCUT2D eigenvalue weighted by molar-refractivity contribution is 5.92. The maximum absolute atomic E-state index is 11.7. The van der Waals surface area contributed by atoms with E-state index in [-0.39, 0.29) is 17.0 Å².